The van der Waals surface area contributed by atoms with Gasteiger partial charge in [0.25, 0.3) is 0 Å². The number of aromatic nitrogens is 1. The lowest BCUT2D eigenvalue weighted by atomic mass is 10.1. The van der Waals surface area contributed by atoms with Gasteiger partial charge in [-0.2, -0.15) is 0 Å². The first-order valence-electron chi connectivity index (χ1n) is 7.44. The Balaban J connectivity index is 1.87. The highest BCUT2D eigenvalue weighted by atomic mass is 35.5. The summed E-state index contributed by atoms with van der Waals surface area (Å²) >= 11 is 6.13. The molecule has 0 amide bonds. The number of carbonyl (C=O) groups excluding carboxylic acids is 2. The number of rotatable bonds is 4. The number of ketones is 1. The number of halogens is 1. The van der Waals surface area contributed by atoms with Gasteiger partial charge in [-0.1, -0.05) is 11.6 Å². The number of Topliss-reactive ketones (excluding diaryl/α,β-unsaturated/α-hetero) is 1. The Kier molecular flexibility index (Phi) is 4.46. The van der Waals surface area contributed by atoms with Crippen LogP contribution in [-0.2, 0) is 11.3 Å². The second-order valence-electron chi connectivity index (χ2n) is 5.62. The Morgan fingerprint density at radius 1 is 1.24 bits per heavy atom. The average Bonchev–Trinajstić information content (AvgIpc) is 3.04. The normalized spacial score (nSPS) is 10.8. The van der Waals surface area contributed by atoms with E-state index in [1.165, 1.54) is 25.3 Å². The van der Waals surface area contributed by atoms with Gasteiger partial charge >= 0.3 is 11.6 Å². The van der Waals surface area contributed by atoms with E-state index in [2.05, 4.69) is 4.98 Å². The molecule has 6 nitrogen and oxygen atoms in total. The van der Waals surface area contributed by atoms with Crippen molar-refractivity contribution in [3.63, 3.8) is 0 Å². The lowest BCUT2D eigenvalue weighted by Gasteiger charge is -2.08. The minimum absolute atomic E-state index is 0.130. The van der Waals surface area contributed by atoms with Crippen molar-refractivity contribution in [2.75, 3.05) is 0 Å². The molecule has 0 radical (unpaired) electrons. The quantitative estimate of drug-likeness (QED) is 0.436. The number of nitrogens with one attached hydrogen (secondary N) is 1. The fraction of sp³-hybridized carbons (Fsp3) is 0.167. The van der Waals surface area contributed by atoms with Gasteiger partial charge in [0.1, 0.15) is 17.9 Å². The van der Waals surface area contributed by atoms with Crippen molar-refractivity contribution in [3.8, 4) is 0 Å². The first kappa shape index (κ1) is 17.0. The highest BCUT2D eigenvalue weighted by Gasteiger charge is 2.14. The zero-order valence-corrected chi connectivity index (χ0v) is 14.3. The van der Waals surface area contributed by atoms with Crippen molar-refractivity contribution in [1.82, 2.24) is 4.98 Å². The van der Waals surface area contributed by atoms with E-state index in [4.69, 9.17) is 20.8 Å². The number of fused-ring (bicyclic) bond motifs is 1. The molecule has 0 aliphatic heterocycles. The maximum atomic E-state index is 12.1. The van der Waals surface area contributed by atoms with Gasteiger partial charge in [-0.15, -0.1) is 0 Å². The summed E-state index contributed by atoms with van der Waals surface area (Å²) in [6.45, 7) is 3.07. The Labute approximate surface area is 147 Å². The van der Waals surface area contributed by atoms with Gasteiger partial charge in [0.2, 0.25) is 0 Å². The van der Waals surface area contributed by atoms with Gasteiger partial charge in [0.15, 0.2) is 5.78 Å². The van der Waals surface area contributed by atoms with Crippen LogP contribution in [-0.4, -0.2) is 16.7 Å². The number of hydrogen-bond acceptors (Lipinski definition) is 5. The SMILES string of the molecule is CC(=O)c1c[nH]c(C(=O)OCc2cc(=O)oc3cc(C)c(Cl)cc23)c1. The summed E-state index contributed by atoms with van der Waals surface area (Å²) in [6.07, 6.45) is 1.44. The van der Waals surface area contributed by atoms with Crippen molar-refractivity contribution < 1.29 is 18.7 Å². The van der Waals surface area contributed by atoms with Gasteiger partial charge < -0.3 is 14.1 Å². The first-order chi connectivity index (χ1) is 11.8. The second-order valence-corrected chi connectivity index (χ2v) is 6.03. The lowest BCUT2D eigenvalue weighted by Crippen LogP contribution is -2.08. The standard InChI is InChI=1S/C18H14ClNO5/c1-9-3-16-13(6-14(9)19)12(5-17(22)25-16)8-24-18(23)15-4-11(7-20-15)10(2)21/h3-7,20H,8H2,1-2H3. The minimum Gasteiger partial charge on any atom is -0.456 e. The molecular formula is C18H14ClNO5. The average molecular weight is 360 g/mol. The molecule has 0 atom stereocenters. The lowest BCUT2D eigenvalue weighted by molar-refractivity contribution is 0.0467. The minimum atomic E-state index is -0.632. The van der Waals surface area contributed by atoms with Crippen molar-refractivity contribution in [1.29, 1.82) is 0 Å². The summed E-state index contributed by atoms with van der Waals surface area (Å²) in [6, 6.07) is 6.01. The van der Waals surface area contributed by atoms with E-state index in [1.54, 1.807) is 19.1 Å². The van der Waals surface area contributed by atoms with Crippen LogP contribution in [0.2, 0.25) is 5.02 Å². The topological polar surface area (TPSA) is 89.4 Å². The summed E-state index contributed by atoms with van der Waals surface area (Å²) in [4.78, 5) is 37.8. The van der Waals surface area contributed by atoms with Crippen LogP contribution in [0.25, 0.3) is 11.0 Å². The van der Waals surface area contributed by atoms with E-state index < -0.39 is 11.6 Å². The van der Waals surface area contributed by atoms with E-state index in [1.807, 2.05) is 0 Å². The summed E-state index contributed by atoms with van der Waals surface area (Å²) in [5, 5.41) is 1.11. The molecule has 7 heteroatoms. The fourth-order valence-corrected chi connectivity index (χ4v) is 2.57. The van der Waals surface area contributed by atoms with Gasteiger partial charge in [0, 0.05) is 33.8 Å². The van der Waals surface area contributed by atoms with Crippen molar-refractivity contribution >= 4 is 34.3 Å². The number of benzene rings is 1. The molecular weight excluding hydrogens is 346 g/mol. The number of carbonyl (C=O) groups is 2. The van der Waals surface area contributed by atoms with Crippen LogP contribution >= 0.6 is 11.6 Å². The molecule has 3 aromatic rings. The molecule has 0 aliphatic carbocycles. The number of aryl methyl sites for hydroxylation is 1. The van der Waals surface area contributed by atoms with E-state index >= 15 is 0 Å². The molecule has 0 saturated carbocycles. The number of ether oxygens (including phenoxy) is 1. The third-order valence-electron chi connectivity index (χ3n) is 3.78. The summed E-state index contributed by atoms with van der Waals surface area (Å²) in [7, 11) is 0. The molecule has 0 unspecified atom stereocenters. The molecule has 128 valence electrons. The predicted molar refractivity (Wildman–Crippen MR) is 92.1 cm³/mol. The maximum Gasteiger partial charge on any atom is 0.355 e. The maximum absolute atomic E-state index is 12.1. The van der Waals surface area contributed by atoms with Crippen LogP contribution in [0.5, 0.6) is 0 Å². The first-order valence-corrected chi connectivity index (χ1v) is 7.82. The Hall–Kier alpha value is -2.86. The molecule has 3 rings (SSSR count). The highest BCUT2D eigenvalue weighted by Crippen LogP contribution is 2.25. The number of esters is 1. The molecule has 1 N–H and O–H groups in total. The second kappa shape index (κ2) is 6.57. The van der Waals surface area contributed by atoms with Crippen molar-refractivity contribution in [3.05, 3.63) is 68.3 Å². The zero-order valence-electron chi connectivity index (χ0n) is 13.5. The Morgan fingerprint density at radius 2 is 2.00 bits per heavy atom. The third kappa shape index (κ3) is 3.49. The molecule has 0 aliphatic rings. The van der Waals surface area contributed by atoms with Gasteiger partial charge in [-0.3, -0.25) is 4.79 Å². The summed E-state index contributed by atoms with van der Waals surface area (Å²) < 4.78 is 10.4. The van der Waals surface area contributed by atoms with Gasteiger partial charge in [0.05, 0.1) is 0 Å². The molecule has 0 spiro atoms. The Bertz CT molecular complexity index is 1050. The fourth-order valence-electron chi connectivity index (χ4n) is 2.40. The molecule has 2 aromatic heterocycles. The van der Waals surface area contributed by atoms with Gasteiger partial charge in [-0.05, 0) is 37.6 Å². The van der Waals surface area contributed by atoms with Crippen LogP contribution in [0.4, 0.5) is 0 Å². The summed E-state index contributed by atoms with van der Waals surface area (Å²) in [5.41, 5.74) is 1.64. The van der Waals surface area contributed by atoms with E-state index in [0.29, 0.717) is 27.1 Å². The highest BCUT2D eigenvalue weighted by molar-refractivity contribution is 6.32. The third-order valence-corrected chi connectivity index (χ3v) is 4.18. The van der Waals surface area contributed by atoms with Crippen LogP contribution in [0.3, 0.4) is 0 Å². The largest absolute Gasteiger partial charge is 0.456 e. The molecule has 2 heterocycles. The van der Waals surface area contributed by atoms with Crippen LogP contribution in [0.15, 0.2) is 39.7 Å². The number of aromatic amines is 1. The number of H-pyrrole nitrogens is 1. The molecule has 1 aromatic carbocycles. The molecule has 0 saturated heterocycles. The predicted octanol–water partition coefficient (Wildman–Crippen LogP) is 3.64. The Morgan fingerprint density at radius 3 is 2.68 bits per heavy atom. The molecule has 0 bridgehead atoms. The van der Waals surface area contributed by atoms with Crippen LogP contribution < -0.4 is 5.63 Å². The number of hydrogen-bond donors (Lipinski definition) is 1. The van der Waals surface area contributed by atoms with Crippen LogP contribution in [0.1, 0.15) is 38.9 Å². The zero-order chi connectivity index (χ0) is 18.1. The van der Waals surface area contributed by atoms with Gasteiger partial charge in [-0.25, -0.2) is 9.59 Å². The van der Waals surface area contributed by atoms with Crippen molar-refractivity contribution in [2.45, 2.75) is 20.5 Å². The molecule has 25 heavy (non-hydrogen) atoms. The van der Waals surface area contributed by atoms with E-state index in [-0.39, 0.29) is 18.1 Å². The van der Waals surface area contributed by atoms with Crippen LogP contribution in [0, 0.1) is 6.92 Å². The van der Waals surface area contributed by atoms with E-state index in [0.717, 1.165) is 5.56 Å². The smallest absolute Gasteiger partial charge is 0.355 e. The monoisotopic (exact) mass is 359 g/mol. The van der Waals surface area contributed by atoms with E-state index in [9.17, 15) is 14.4 Å². The van der Waals surface area contributed by atoms with Crippen molar-refractivity contribution in [2.24, 2.45) is 0 Å². The summed E-state index contributed by atoms with van der Waals surface area (Å²) in [5.74, 6) is -0.793. The molecule has 0 fully saturated rings.